The van der Waals surface area contributed by atoms with E-state index < -0.39 is 0 Å². The van der Waals surface area contributed by atoms with E-state index in [0.717, 1.165) is 17.7 Å². The Labute approximate surface area is 66.6 Å². The fraction of sp³-hybridized carbons (Fsp3) is 0.444. The highest BCUT2D eigenvalue weighted by Gasteiger charge is 2.07. The molecule has 1 N–H and O–H groups in total. The van der Waals surface area contributed by atoms with Gasteiger partial charge in [0.15, 0.2) is 5.78 Å². The number of nitrogens with one attached hydrogen (secondary N) is 1. The Morgan fingerprint density at radius 2 is 2.36 bits per heavy atom. The van der Waals surface area contributed by atoms with Crippen molar-refractivity contribution in [3.05, 3.63) is 23.5 Å². The maximum atomic E-state index is 11.3. The van der Waals surface area contributed by atoms with Gasteiger partial charge in [0.2, 0.25) is 0 Å². The maximum absolute atomic E-state index is 11.3. The molecule has 0 spiro atoms. The van der Waals surface area contributed by atoms with Gasteiger partial charge < -0.3 is 4.98 Å². The molecule has 0 aliphatic carbocycles. The molecule has 0 unspecified atom stereocenters. The SMILES string of the molecule is CCCC(=O)c1[nH]ccc1C. The Kier molecular flexibility index (Phi) is 2.47. The molecule has 1 aromatic heterocycles. The van der Waals surface area contributed by atoms with Gasteiger partial charge in [0.1, 0.15) is 0 Å². The Morgan fingerprint density at radius 1 is 1.64 bits per heavy atom. The number of hydrogen-bond acceptors (Lipinski definition) is 1. The summed E-state index contributed by atoms with van der Waals surface area (Å²) in [6.45, 7) is 3.95. The fourth-order valence-corrected chi connectivity index (χ4v) is 1.10. The first-order chi connectivity index (χ1) is 5.25. The van der Waals surface area contributed by atoms with Crippen LogP contribution in [0.4, 0.5) is 0 Å². The van der Waals surface area contributed by atoms with E-state index in [1.165, 1.54) is 0 Å². The summed E-state index contributed by atoms with van der Waals surface area (Å²) in [7, 11) is 0. The van der Waals surface area contributed by atoms with Gasteiger partial charge in [-0.1, -0.05) is 6.92 Å². The topological polar surface area (TPSA) is 32.9 Å². The number of hydrogen-bond donors (Lipinski definition) is 1. The number of aromatic nitrogens is 1. The zero-order valence-electron chi connectivity index (χ0n) is 6.98. The van der Waals surface area contributed by atoms with E-state index in [2.05, 4.69) is 4.98 Å². The number of carbonyl (C=O) groups is 1. The van der Waals surface area contributed by atoms with Crippen molar-refractivity contribution >= 4 is 5.78 Å². The predicted molar refractivity (Wildman–Crippen MR) is 44.8 cm³/mol. The molecule has 0 aromatic carbocycles. The summed E-state index contributed by atoms with van der Waals surface area (Å²) in [4.78, 5) is 14.2. The minimum absolute atomic E-state index is 0.218. The van der Waals surface area contributed by atoms with Crippen molar-refractivity contribution in [2.75, 3.05) is 0 Å². The molecule has 2 nitrogen and oxygen atoms in total. The van der Waals surface area contributed by atoms with E-state index in [4.69, 9.17) is 0 Å². The first-order valence-electron chi connectivity index (χ1n) is 3.93. The van der Waals surface area contributed by atoms with E-state index in [1.807, 2.05) is 19.9 Å². The lowest BCUT2D eigenvalue weighted by atomic mass is 10.1. The third-order valence-electron chi connectivity index (χ3n) is 1.71. The van der Waals surface area contributed by atoms with Crippen LogP contribution >= 0.6 is 0 Å². The van der Waals surface area contributed by atoms with Crippen molar-refractivity contribution in [2.45, 2.75) is 26.7 Å². The highest BCUT2D eigenvalue weighted by atomic mass is 16.1. The average Bonchev–Trinajstić information content (AvgIpc) is 2.36. The number of rotatable bonds is 3. The van der Waals surface area contributed by atoms with Crippen LogP contribution in [-0.2, 0) is 0 Å². The lowest BCUT2D eigenvalue weighted by Gasteiger charge is -1.95. The molecular weight excluding hydrogens is 138 g/mol. The standard InChI is InChI=1S/C9H13NO/c1-3-4-8(11)9-7(2)5-6-10-9/h5-6,10H,3-4H2,1-2H3. The van der Waals surface area contributed by atoms with Gasteiger partial charge in [-0.2, -0.15) is 0 Å². The summed E-state index contributed by atoms with van der Waals surface area (Å²) in [5.41, 5.74) is 1.82. The van der Waals surface area contributed by atoms with Crippen molar-refractivity contribution in [1.82, 2.24) is 4.98 Å². The smallest absolute Gasteiger partial charge is 0.179 e. The summed E-state index contributed by atoms with van der Waals surface area (Å²) in [6.07, 6.45) is 3.36. The summed E-state index contributed by atoms with van der Waals surface area (Å²) in [6, 6.07) is 1.92. The van der Waals surface area contributed by atoms with Crippen LogP contribution in [0.1, 0.15) is 35.8 Å². The maximum Gasteiger partial charge on any atom is 0.179 e. The molecular formula is C9H13NO. The van der Waals surface area contributed by atoms with Gasteiger partial charge in [-0.3, -0.25) is 4.79 Å². The van der Waals surface area contributed by atoms with Crippen molar-refractivity contribution in [2.24, 2.45) is 0 Å². The van der Waals surface area contributed by atoms with Crippen LogP contribution < -0.4 is 0 Å². The number of aromatic amines is 1. The van der Waals surface area contributed by atoms with Gasteiger partial charge in [0.25, 0.3) is 0 Å². The zero-order chi connectivity index (χ0) is 8.27. The molecule has 0 aliphatic heterocycles. The number of Topliss-reactive ketones (excluding diaryl/α,β-unsaturated/α-hetero) is 1. The molecule has 60 valence electrons. The van der Waals surface area contributed by atoms with Crippen molar-refractivity contribution in [3.63, 3.8) is 0 Å². The van der Waals surface area contributed by atoms with Crippen LogP contribution in [0.3, 0.4) is 0 Å². The third kappa shape index (κ3) is 1.70. The average molecular weight is 151 g/mol. The quantitative estimate of drug-likeness (QED) is 0.660. The Morgan fingerprint density at radius 3 is 2.82 bits per heavy atom. The van der Waals surface area contributed by atoms with E-state index in [9.17, 15) is 4.79 Å². The predicted octanol–water partition coefficient (Wildman–Crippen LogP) is 2.31. The molecule has 11 heavy (non-hydrogen) atoms. The van der Waals surface area contributed by atoms with E-state index in [0.29, 0.717) is 6.42 Å². The van der Waals surface area contributed by atoms with Crippen LogP contribution in [0.15, 0.2) is 12.3 Å². The molecule has 0 saturated carbocycles. The molecule has 1 aromatic rings. The van der Waals surface area contributed by atoms with Crippen LogP contribution in [0.5, 0.6) is 0 Å². The molecule has 0 atom stereocenters. The van der Waals surface area contributed by atoms with E-state index >= 15 is 0 Å². The second-order valence-electron chi connectivity index (χ2n) is 2.71. The van der Waals surface area contributed by atoms with Gasteiger partial charge in [0.05, 0.1) is 5.69 Å². The van der Waals surface area contributed by atoms with Crippen LogP contribution in [-0.4, -0.2) is 10.8 Å². The molecule has 0 bridgehead atoms. The molecule has 1 rings (SSSR count). The van der Waals surface area contributed by atoms with E-state index in [1.54, 1.807) is 6.20 Å². The molecule has 0 radical (unpaired) electrons. The van der Waals surface area contributed by atoms with Crippen molar-refractivity contribution in [1.29, 1.82) is 0 Å². The summed E-state index contributed by atoms with van der Waals surface area (Å²) in [5.74, 6) is 0.218. The zero-order valence-corrected chi connectivity index (χ0v) is 6.98. The van der Waals surface area contributed by atoms with Crippen LogP contribution in [0.2, 0.25) is 0 Å². The lowest BCUT2D eigenvalue weighted by molar-refractivity contribution is 0.0977. The number of ketones is 1. The number of carbonyl (C=O) groups excluding carboxylic acids is 1. The summed E-state index contributed by atoms with van der Waals surface area (Å²) in [5, 5.41) is 0. The number of aryl methyl sites for hydroxylation is 1. The van der Waals surface area contributed by atoms with Gasteiger partial charge >= 0.3 is 0 Å². The fourth-order valence-electron chi connectivity index (χ4n) is 1.10. The molecule has 0 fully saturated rings. The molecule has 0 aliphatic rings. The first kappa shape index (κ1) is 8.05. The normalized spacial score (nSPS) is 10.0. The van der Waals surface area contributed by atoms with Crippen molar-refractivity contribution < 1.29 is 4.79 Å². The third-order valence-corrected chi connectivity index (χ3v) is 1.71. The molecule has 0 amide bonds. The monoisotopic (exact) mass is 151 g/mol. The van der Waals surface area contributed by atoms with Gasteiger partial charge in [-0.15, -0.1) is 0 Å². The highest BCUT2D eigenvalue weighted by Crippen LogP contribution is 2.08. The van der Waals surface area contributed by atoms with Gasteiger partial charge in [-0.05, 0) is 25.0 Å². The van der Waals surface area contributed by atoms with Gasteiger partial charge in [0, 0.05) is 12.6 Å². The minimum Gasteiger partial charge on any atom is -0.359 e. The second-order valence-corrected chi connectivity index (χ2v) is 2.71. The van der Waals surface area contributed by atoms with Crippen molar-refractivity contribution in [3.8, 4) is 0 Å². The molecule has 0 saturated heterocycles. The van der Waals surface area contributed by atoms with Gasteiger partial charge in [-0.25, -0.2) is 0 Å². The summed E-state index contributed by atoms with van der Waals surface area (Å²) >= 11 is 0. The first-order valence-corrected chi connectivity index (χ1v) is 3.93. The van der Waals surface area contributed by atoms with Crippen LogP contribution in [0, 0.1) is 6.92 Å². The summed E-state index contributed by atoms with van der Waals surface area (Å²) < 4.78 is 0. The Bertz CT molecular complexity index is 250. The number of H-pyrrole nitrogens is 1. The lowest BCUT2D eigenvalue weighted by Crippen LogP contribution is -1.99. The molecule has 2 heteroatoms. The largest absolute Gasteiger partial charge is 0.359 e. The van der Waals surface area contributed by atoms with E-state index in [-0.39, 0.29) is 5.78 Å². The highest BCUT2D eigenvalue weighted by molar-refractivity contribution is 5.95. The minimum atomic E-state index is 0.218. The second kappa shape index (κ2) is 3.37. The molecule has 1 heterocycles. The van der Waals surface area contributed by atoms with Crippen LogP contribution in [0.25, 0.3) is 0 Å². The Hall–Kier alpha value is -1.05. The Balaban J connectivity index is 2.76.